The number of ether oxygens (including phenoxy) is 1. The van der Waals surface area contributed by atoms with E-state index in [9.17, 15) is 0 Å². The van der Waals surface area contributed by atoms with Crippen molar-refractivity contribution in [3.05, 3.63) is 54.1 Å². The average Bonchev–Trinajstić information content (AvgIpc) is 2.83. The van der Waals surface area contributed by atoms with E-state index in [4.69, 9.17) is 26.9 Å². The maximum atomic E-state index is 5.51. The normalized spacial score (nSPS) is 17.9. The molecule has 2 aromatic carbocycles. The smallest absolute Gasteiger partial charge is 0.225 e. The minimum absolute atomic E-state index is 0.361. The highest BCUT2D eigenvalue weighted by atomic mass is 32.1. The van der Waals surface area contributed by atoms with Crippen LogP contribution in [0.3, 0.4) is 0 Å². The maximum Gasteiger partial charge on any atom is 0.225 e. The SMILES string of the molecule is COc1ccc(CNC(=S)N[C@H]2CC[C@@H](Nc3nc(N(C)C)c4ccccc4n3)CC2)cc1. The van der Waals surface area contributed by atoms with Crippen LogP contribution in [0.1, 0.15) is 31.2 Å². The number of nitrogens with zero attached hydrogens (tertiary/aromatic N) is 3. The summed E-state index contributed by atoms with van der Waals surface area (Å²) in [7, 11) is 5.70. The molecule has 0 unspecified atom stereocenters. The molecule has 7 nitrogen and oxygen atoms in total. The standard InChI is InChI=1S/C25H32N6OS/c1-31(2)23-21-6-4-5-7-22(21)29-24(30-23)27-18-10-12-19(13-11-18)28-25(33)26-16-17-8-14-20(32-3)15-9-17/h4-9,14-15,18-19H,10-13,16H2,1-3H3,(H2,26,28,33)(H,27,29,30)/t18-,19+. The third-order valence-electron chi connectivity index (χ3n) is 6.01. The lowest BCUT2D eigenvalue weighted by Gasteiger charge is -2.30. The zero-order chi connectivity index (χ0) is 23.2. The zero-order valence-corrected chi connectivity index (χ0v) is 20.3. The van der Waals surface area contributed by atoms with Gasteiger partial charge in [-0.05, 0) is 67.7 Å². The second-order valence-corrected chi connectivity index (χ2v) is 9.06. The van der Waals surface area contributed by atoms with Gasteiger partial charge in [0.15, 0.2) is 5.11 Å². The summed E-state index contributed by atoms with van der Waals surface area (Å²) in [4.78, 5) is 11.6. The number of hydrogen-bond acceptors (Lipinski definition) is 6. The van der Waals surface area contributed by atoms with E-state index < -0.39 is 0 Å². The molecule has 8 heteroatoms. The van der Waals surface area contributed by atoms with Gasteiger partial charge in [-0.2, -0.15) is 4.98 Å². The summed E-state index contributed by atoms with van der Waals surface area (Å²) in [6.07, 6.45) is 4.20. The fourth-order valence-corrected chi connectivity index (χ4v) is 4.43. The minimum Gasteiger partial charge on any atom is -0.497 e. The molecule has 0 radical (unpaired) electrons. The Kier molecular flexibility index (Phi) is 7.44. The number of para-hydroxylation sites is 1. The molecule has 1 aliphatic carbocycles. The lowest BCUT2D eigenvalue weighted by atomic mass is 9.91. The Labute approximate surface area is 200 Å². The fourth-order valence-electron chi connectivity index (χ4n) is 4.19. The van der Waals surface area contributed by atoms with Crippen molar-refractivity contribution in [3.63, 3.8) is 0 Å². The van der Waals surface area contributed by atoms with Gasteiger partial charge in [0, 0.05) is 38.1 Å². The van der Waals surface area contributed by atoms with E-state index >= 15 is 0 Å². The number of anilines is 2. The maximum absolute atomic E-state index is 5.51. The molecule has 3 N–H and O–H groups in total. The van der Waals surface area contributed by atoms with Gasteiger partial charge in [0.25, 0.3) is 0 Å². The highest BCUT2D eigenvalue weighted by Crippen LogP contribution is 2.26. The number of rotatable bonds is 7. The van der Waals surface area contributed by atoms with E-state index in [1.807, 2.05) is 61.5 Å². The third kappa shape index (κ3) is 6.01. The van der Waals surface area contributed by atoms with Crippen LogP contribution in [0.25, 0.3) is 10.9 Å². The lowest BCUT2D eigenvalue weighted by molar-refractivity contribution is 0.385. The van der Waals surface area contributed by atoms with E-state index in [0.717, 1.165) is 48.2 Å². The Morgan fingerprint density at radius 3 is 2.39 bits per heavy atom. The van der Waals surface area contributed by atoms with Gasteiger partial charge in [0.2, 0.25) is 5.95 Å². The first-order valence-electron chi connectivity index (χ1n) is 11.4. The highest BCUT2D eigenvalue weighted by molar-refractivity contribution is 7.80. The summed E-state index contributed by atoms with van der Waals surface area (Å²) in [5.41, 5.74) is 2.13. The van der Waals surface area contributed by atoms with Crippen molar-refractivity contribution in [3.8, 4) is 5.75 Å². The molecule has 1 fully saturated rings. The van der Waals surface area contributed by atoms with Gasteiger partial charge in [-0.15, -0.1) is 0 Å². The van der Waals surface area contributed by atoms with Gasteiger partial charge in [-0.1, -0.05) is 24.3 Å². The molecule has 4 rings (SSSR count). The lowest BCUT2D eigenvalue weighted by Crippen LogP contribution is -2.44. The van der Waals surface area contributed by atoms with Gasteiger partial charge in [-0.25, -0.2) is 4.98 Å². The summed E-state index contributed by atoms with van der Waals surface area (Å²) in [5.74, 6) is 2.49. The van der Waals surface area contributed by atoms with Crippen molar-refractivity contribution in [1.82, 2.24) is 20.6 Å². The van der Waals surface area contributed by atoms with Gasteiger partial charge < -0.3 is 25.6 Å². The molecule has 1 heterocycles. The van der Waals surface area contributed by atoms with Crippen LogP contribution in [0.4, 0.5) is 11.8 Å². The van der Waals surface area contributed by atoms with Crippen molar-refractivity contribution in [2.45, 2.75) is 44.3 Å². The number of methoxy groups -OCH3 is 1. The molecule has 3 aromatic rings. The minimum atomic E-state index is 0.361. The summed E-state index contributed by atoms with van der Waals surface area (Å²) in [6, 6.07) is 16.9. The van der Waals surface area contributed by atoms with Crippen molar-refractivity contribution in [1.29, 1.82) is 0 Å². The van der Waals surface area contributed by atoms with E-state index in [1.165, 1.54) is 5.56 Å². The molecule has 0 saturated heterocycles. The molecule has 0 atom stereocenters. The number of thiocarbonyl (C=S) groups is 1. The predicted molar refractivity (Wildman–Crippen MR) is 139 cm³/mol. The van der Waals surface area contributed by atoms with Crippen molar-refractivity contribution in [2.75, 3.05) is 31.4 Å². The van der Waals surface area contributed by atoms with Crippen LogP contribution >= 0.6 is 12.2 Å². The van der Waals surface area contributed by atoms with Crippen molar-refractivity contribution >= 4 is 40.0 Å². The van der Waals surface area contributed by atoms with E-state index in [0.29, 0.717) is 29.7 Å². The number of hydrogen-bond donors (Lipinski definition) is 3. The Morgan fingerprint density at radius 2 is 1.70 bits per heavy atom. The van der Waals surface area contributed by atoms with Crippen molar-refractivity contribution < 1.29 is 4.74 Å². The quantitative estimate of drug-likeness (QED) is 0.452. The molecule has 174 valence electrons. The predicted octanol–water partition coefficient (Wildman–Crippen LogP) is 4.09. The van der Waals surface area contributed by atoms with Gasteiger partial charge in [0.05, 0.1) is 12.6 Å². The van der Waals surface area contributed by atoms with Crippen LogP contribution in [-0.4, -0.2) is 48.4 Å². The van der Waals surface area contributed by atoms with Crippen LogP contribution in [0.15, 0.2) is 48.5 Å². The summed E-state index contributed by atoms with van der Waals surface area (Å²) in [5, 5.41) is 12.1. The monoisotopic (exact) mass is 464 g/mol. The van der Waals surface area contributed by atoms with Gasteiger partial charge in [0.1, 0.15) is 11.6 Å². The molecule has 1 saturated carbocycles. The Bertz CT molecular complexity index is 1080. The Hall–Kier alpha value is -3.13. The molecule has 0 aliphatic heterocycles. The summed E-state index contributed by atoms with van der Waals surface area (Å²) in [6.45, 7) is 0.695. The molecule has 33 heavy (non-hydrogen) atoms. The van der Waals surface area contributed by atoms with Gasteiger partial charge in [-0.3, -0.25) is 0 Å². The summed E-state index contributed by atoms with van der Waals surface area (Å²) < 4.78 is 5.20. The number of fused-ring (bicyclic) bond motifs is 1. The third-order valence-corrected chi connectivity index (χ3v) is 6.28. The second kappa shape index (κ2) is 10.7. The van der Waals surface area contributed by atoms with Crippen LogP contribution in [0.5, 0.6) is 5.75 Å². The molecule has 1 aromatic heterocycles. The first-order chi connectivity index (χ1) is 16.0. The highest BCUT2D eigenvalue weighted by Gasteiger charge is 2.22. The topological polar surface area (TPSA) is 74.3 Å². The van der Waals surface area contributed by atoms with Crippen LogP contribution < -0.4 is 25.6 Å². The molecular formula is C25H32N6OS. The van der Waals surface area contributed by atoms with E-state index in [-0.39, 0.29) is 0 Å². The average molecular weight is 465 g/mol. The van der Waals surface area contributed by atoms with Crippen LogP contribution in [-0.2, 0) is 6.54 Å². The first kappa shape index (κ1) is 23.0. The van der Waals surface area contributed by atoms with Crippen molar-refractivity contribution in [2.24, 2.45) is 0 Å². The zero-order valence-electron chi connectivity index (χ0n) is 19.5. The second-order valence-electron chi connectivity index (χ2n) is 8.65. The number of benzene rings is 2. The van der Waals surface area contributed by atoms with Crippen LogP contribution in [0.2, 0.25) is 0 Å². The molecule has 0 spiro atoms. The number of aromatic nitrogens is 2. The van der Waals surface area contributed by atoms with Crippen LogP contribution in [0, 0.1) is 0 Å². The molecule has 0 bridgehead atoms. The Balaban J connectivity index is 1.26. The molecular weight excluding hydrogens is 432 g/mol. The Morgan fingerprint density at radius 1 is 1.00 bits per heavy atom. The summed E-state index contributed by atoms with van der Waals surface area (Å²) >= 11 is 5.51. The number of nitrogens with one attached hydrogen (secondary N) is 3. The first-order valence-corrected chi connectivity index (χ1v) is 11.8. The molecule has 0 amide bonds. The van der Waals surface area contributed by atoms with E-state index in [2.05, 4.69) is 22.0 Å². The molecule has 1 aliphatic rings. The van der Waals surface area contributed by atoms with E-state index in [1.54, 1.807) is 7.11 Å². The van der Waals surface area contributed by atoms with Gasteiger partial charge >= 0.3 is 0 Å². The fraction of sp³-hybridized carbons (Fsp3) is 0.400. The largest absolute Gasteiger partial charge is 0.497 e.